The molecule has 1 saturated carbocycles. The second kappa shape index (κ2) is 5.64. The molecule has 2 nitrogen and oxygen atoms in total. The van der Waals surface area contributed by atoms with Crippen molar-refractivity contribution < 1.29 is 0 Å². The summed E-state index contributed by atoms with van der Waals surface area (Å²) in [5.41, 5.74) is 0. The van der Waals surface area contributed by atoms with Crippen LogP contribution in [0.25, 0.3) is 0 Å². The molecule has 2 rings (SSSR count). The van der Waals surface area contributed by atoms with E-state index in [1.54, 1.807) is 0 Å². The van der Waals surface area contributed by atoms with Gasteiger partial charge in [0.2, 0.25) is 0 Å². The van der Waals surface area contributed by atoms with E-state index < -0.39 is 0 Å². The van der Waals surface area contributed by atoms with Crippen molar-refractivity contribution >= 4 is 16.9 Å². The Morgan fingerprint density at radius 2 is 2.00 bits per heavy atom. The third-order valence-corrected chi connectivity index (χ3v) is 5.42. The Hall–Kier alpha value is -0.180. The first kappa shape index (κ1) is 13.3. The summed E-state index contributed by atoms with van der Waals surface area (Å²) in [6.07, 6.45) is 3.92. The van der Waals surface area contributed by atoms with E-state index in [1.807, 2.05) is 11.8 Å². The minimum atomic E-state index is 0.535. The summed E-state index contributed by atoms with van der Waals surface area (Å²) in [5.74, 6) is 3.55. The van der Waals surface area contributed by atoms with Gasteiger partial charge in [-0.15, -0.1) is 0 Å². The maximum atomic E-state index is 4.87. The minimum absolute atomic E-state index is 0.535. The molecule has 98 valence electrons. The lowest BCUT2D eigenvalue weighted by atomic mass is 9.98. The van der Waals surface area contributed by atoms with Crippen LogP contribution in [0.4, 0.5) is 0 Å². The molecule has 0 bridgehead atoms. The first-order valence-corrected chi connectivity index (χ1v) is 8.03. The van der Waals surface area contributed by atoms with Crippen LogP contribution in [0.15, 0.2) is 4.99 Å². The minimum Gasteiger partial charge on any atom is -0.362 e. The van der Waals surface area contributed by atoms with Crippen molar-refractivity contribution in [2.75, 3.05) is 5.75 Å². The number of hydrogen-bond acceptors (Lipinski definition) is 3. The Morgan fingerprint density at radius 1 is 1.24 bits per heavy atom. The fourth-order valence-corrected chi connectivity index (χ4v) is 3.81. The van der Waals surface area contributed by atoms with Crippen molar-refractivity contribution in [3.63, 3.8) is 0 Å². The lowest BCUT2D eigenvalue weighted by molar-refractivity contribution is 0.402. The molecule has 3 heteroatoms. The molecule has 4 unspecified atom stereocenters. The Morgan fingerprint density at radius 3 is 2.59 bits per heavy atom. The van der Waals surface area contributed by atoms with Crippen molar-refractivity contribution in [1.82, 2.24) is 5.32 Å². The molecule has 1 fully saturated rings. The molecular weight excluding hydrogens is 228 g/mol. The van der Waals surface area contributed by atoms with Gasteiger partial charge in [-0.1, -0.05) is 39.5 Å². The number of rotatable bonds is 2. The van der Waals surface area contributed by atoms with Gasteiger partial charge in [-0.05, 0) is 37.0 Å². The maximum absolute atomic E-state index is 4.87. The molecule has 0 radical (unpaired) electrons. The number of nitrogens with one attached hydrogen (secondary N) is 1. The average molecular weight is 254 g/mol. The monoisotopic (exact) mass is 254 g/mol. The Labute approximate surface area is 110 Å². The van der Waals surface area contributed by atoms with Gasteiger partial charge in [-0.2, -0.15) is 0 Å². The van der Waals surface area contributed by atoms with Crippen LogP contribution in [0.3, 0.4) is 0 Å². The van der Waals surface area contributed by atoms with E-state index in [-0.39, 0.29) is 0 Å². The normalized spacial score (nSPS) is 38.3. The van der Waals surface area contributed by atoms with Crippen molar-refractivity contribution in [2.24, 2.45) is 22.7 Å². The number of aliphatic imine (C=N–C) groups is 1. The van der Waals surface area contributed by atoms with Crippen molar-refractivity contribution in [1.29, 1.82) is 0 Å². The van der Waals surface area contributed by atoms with Crippen LogP contribution in [0.2, 0.25) is 0 Å². The smallest absolute Gasteiger partial charge is 0.157 e. The lowest BCUT2D eigenvalue weighted by Crippen LogP contribution is -2.38. The molecule has 1 heterocycles. The zero-order valence-corrected chi connectivity index (χ0v) is 12.4. The van der Waals surface area contributed by atoms with E-state index in [0.717, 1.165) is 11.8 Å². The maximum Gasteiger partial charge on any atom is 0.157 e. The lowest BCUT2D eigenvalue weighted by Gasteiger charge is -2.27. The van der Waals surface area contributed by atoms with E-state index in [1.165, 1.54) is 30.2 Å². The van der Waals surface area contributed by atoms with E-state index >= 15 is 0 Å². The largest absolute Gasteiger partial charge is 0.362 e. The Kier molecular flexibility index (Phi) is 4.40. The molecule has 0 aromatic rings. The highest BCUT2D eigenvalue weighted by molar-refractivity contribution is 8.13. The highest BCUT2D eigenvalue weighted by Gasteiger charge is 2.31. The second-order valence-corrected chi connectivity index (χ2v) is 7.13. The standard InChI is InChI=1S/C14H26N2S/c1-9(2)12-7-8-17-14(15-12)16-13-6-5-10(3)11(13)4/h9-13H,5-8H2,1-4H3,(H,15,16). The highest BCUT2D eigenvalue weighted by Crippen LogP contribution is 2.32. The molecule has 2 aliphatic rings. The predicted octanol–water partition coefficient (Wildman–Crippen LogP) is 3.53. The highest BCUT2D eigenvalue weighted by atomic mass is 32.2. The quantitative estimate of drug-likeness (QED) is 0.815. The van der Waals surface area contributed by atoms with Gasteiger partial charge >= 0.3 is 0 Å². The van der Waals surface area contributed by atoms with Crippen LogP contribution in [0, 0.1) is 17.8 Å². The molecule has 17 heavy (non-hydrogen) atoms. The summed E-state index contributed by atoms with van der Waals surface area (Å²) in [7, 11) is 0. The Bertz CT molecular complexity index is 288. The van der Waals surface area contributed by atoms with Gasteiger partial charge in [-0.3, -0.25) is 4.99 Å². The summed E-state index contributed by atoms with van der Waals surface area (Å²) < 4.78 is 0. The summed E-state index contributed by atoms with van der Waals surface area (Å²) in [5, 5.41) is 4.90. The molecule has 0 saturated heterocycles. The zero-order chi connectivity index (χ0) is 12.4. The molecular formula is C14H26N2S. The Balaban J connectivity index is 1.94. The fourth-order valence-electron chi connectivity index (χ4n) is 2.82. The molecule has 0 aromatic carbocycles. The molecule has 1 aliphatic heterocycles. The SMILES string of the molecule is CC(C)C1CCSC(NC2CCC(C)C2C)=N1. The van der Waals surface area contributed by atoms with E-state index in [4.69, 9.17) is 4.99 Å². The topological polar surface area (TPSA) is 24.4 Å². The average Bonchev–Trinajstić information content (AvgIpc) is 2.61. The van der Waals surface area contributed by atoms with Crippen LogP contribution in [0.5, 0.6) is 0 Å². The number of nitrogens with zero attached hydrogens (tertiary/aromatic N) is 1. The predicted molar refractivity (Wildman–Crippen MR) is 77.6 cm³/mol. The van der Waals surface area contributed by atoms with Gasteiger partial charge in [0.25, 0.3) is 0 Å². The van der Waals surface area contributed by atoms with Crippen LogP contribution in [-0.2, 0) is 0 Å². The van der Waals surface area contributed by atoms with Crippen LogP contribution < -0.4 is 5.32 Å². The van der Waals surface area contributed by atoms with Crippen LogP contribution in [0.1, 0.15) is 47.0 Å². The first-order valence-electron chi connectivity index (χ1n) is 7.05. The number of hydrogen-bond donors (Lipinski definition) is 1. The molecule has 1 aliphatic carbocycles. The van der Waals surface area contributed by atoms with Crippen LogP contribution in [-0.4, -0.2) is 23.0 Å². The van der Waals surface area contributed by atoms with E-state index in [9.17, 15) is 0 Å². The summed E-state index contributed by atoms with van der Waals surface area (Å²) in [6.45, 7) is 9.31. The first-order chi connectivity index (χ1) is 8.08. The van der Waals surface area contributed by atoms with Crippen molar-refractivity contribution in [3.05, 3.63) is 0 Å². The van der Waals surface area contributed by atoms with Gasteiger partial charge in [0.1, 0.15) is 0 Å². The van der Waals surface area contributed by atoms with Gasteiger partial charge in [0.05, 0.1) is 6.04 Å². The van der Waals surface area contributed by atoms with Crippen molar-refractivity contribution in [3.8, 4) is 0 Å². The number of thioether (sulfide) groups is 1. The zero-order valence-electron chi connectivity index (χ0n) is 11.6. The fraction of sp³-hybridized carbons (Fsp3) is 0.929. The van der Waals surface area contributed by atoms with Gasteiger partial charge in [0, 0.05) is 11.8 Å². The summed E-state index contributed by atoms with van der Waals surface area (Å²) in [6, 6.07) is 1.19. The van der Waals surface area contributed by atoms with Gasteiger partial charge in [-0.25, -0.2) is 0 Å². The summed E-state index contributed by atoms with van der Waals surface area (Å²) in [4.78, 5) is 4.87. The van der Waals surface area contributed by atoms with E-state index in [2.05, 4.69) is 33.0 Å². The number of amidine groups is 1. The molecule has 0 spiro atoms. The van der Waals surface area contributed by atoms with E-state index in [0.29, 0.717) is 18.0 Å². The molecule has 1 N–H and O–H groups in total. The molecule has 4 atom stereocenters. The third kappa shape index (κ3) is 3.18. The van der Waals surface area contributed by atoms with Crippen molar-refractivity contribution in [2.45, 2.75) is 59.0 Å². The van der Waals surface area contributed by atoms with Gasteiger partial charge < -0.3 is 5.32 Å². The third-order valence-electron chi connectivity index (χ3n) is 4.48. The van der Waals surface area contributed by atoms with Crippen LogP contribution >= 0.6 is 11.8 Å². The van der Waals surface area contributed by atoms with Gasteiger partial charge in [0.15, 0.2) is 5.17 Å². The molecule has 0 amide bonds. The molecule has 0 aromatic heterocycles. The summed E-state index contributed by atoms with van der Waals surface area (Å²) >= 11 is 1.91. The second-order valence-electron chi connectivity index (χ2n) is 6.05.